The zero-order valence-corrected chi connectivity index (χ0v) is 22.7. The fourth-order valence-corrected chi connectivity index (χ4v) is 4.84. The largest absolute Gasteiger partial charge is 0.466 e. The maximum Gasteiger partial charge on any atom is 0.337 e. The van der Waals surface area contributed by atoms with Gasteiger partial charge in [-0.05, 0) is 42.7 Å². The van der Waals surface area contributed by atoms with Gasteiger partial charge in [-0.1, -0.05) is 65.7 Å². The number of carbonyl (C=O) groups excluding carboxylic acids is 2. The van der Waals surface area contributed by atoms with Gasteiger partial charge in [0, 0.05) is 30.2 Å². The number of rotatable bonds is 8. The summed E-state index contributed by atoms with van der Waals surface area (Å²) in [5.74, 6) is -1.07. The number of nitrogens with zero attached hydrogens (tertiary/aromatic N) is 1. The molecule has 0 bridgehead atoms. The fraction of sp³-hybridized carbons (Fsp3) is 0.207. The number of H-pyrrole nitrogens is 1. The first kappa shape index (κ1) is 27.2. The van der Waals surface area contributed by atoms with Crippen molar-refractivity contribution in [3.05, 3.63) is 116 Å². The molecule has 0 spiro atoms. The predicted octanol–water partition coefficient (Wildman–Crippen LogP) is 5.97. The Hall–Kier alpha value is -3.81. The van der Waals surface area contributed by atoms with Crippen LogP contribution in [0.25, 0.3) is 6.08 Å². The van der Waals surface area contributed by atoms with Gasteiger partial charge in [-0.3, -0.25) is 0 Å². The molecule has 0 fully saturated rings. The SMILES string of the molecule is COC(=O)C1=C(C)NC(C)=C(C(=O)OCC=Cc2ccc(Cc3ncc[nH]3)cc2)C1c1cccc(Cl)c1Cl. The molecule has 1 unspecified atom stereocenters. The summed E-state index contributed by atoms with van der Waals surface area (Å²) >= 11 is 12.8. The Kier molecular flexibility index (Phi) is 8.71. The molecule has 0 saturated heterocycles. The summed E-state index contributed by atoms with van der Waals surface area (Å²) in [5, 5.41) is 3.67. The smallest absolute Gasteiger partial charge is 0.337 e. The molecule has 0 aliphatic carbocycles. The number of aromatic nitrogens is 2. The Labute approximate surface area is 231 Å². The normalized spacial score (nSPS) is 15.6. The standard InChI is InChI=1S/C29H27Cl2N3O4/c1-17-24(28(35)37-3)26(21-7-4-8-22(30)27(21)31)25(18(2)34-17)29(36)38-15-5-6-19-9-11-20(12-10-19)16-23-32-13-14-33-23/h4-14,26,34H,15-16H2,1-3H3,(H,32,33). The predicted molar refractivity (Wildman–Crippen MR) is 148 cm³/mol. The highest BCUT2D eigenvalue weighted by Crippen LogP contribution is 2.43. The van der Waals surface area contributed by atoms with Crippen LogP contribution in [0.5, 0.6) is 0 Å². The van der Waals surface area contributed by atoms with Crippen LogP contribution in [0, 0.1) is 0 Å². The molecule has 1 atom stereocenters. The van der Waals surface area contributed by atoms with Crippen molar-refractivity contribution in [3.8, 4) is 0 Å². The first-order valence-electron chi connectivity index (χ1n) is 11.9. The molecule has 2 N–H and O–H groups in total. The van der Waals surface area contributed by atoms with E-state index in [0.29, 0.717) is 22.0 Å². The summed E-state index contributed by atoms with van der Waals surface area (Å²) in [6.45, 7) is 3.53. The second-order valence-electron chi connectivity index (χ2n) is 8.73. The molecule has 3 aromatic rings. The minimum absolute atomic E-state index is 0.0377. The van der Waals surface area contributed by atoms with Gasteiger partial charge in [-0.15, -0.1) is 0 Å². The van der Waals surface area contributed by atoms with Crippen molar-refractivity contribution < 1.29 is 19.1 Å². The molecule has 1 aliphatic heterocycles. The van der Waals surface area contributed by atoms with Crippen molar-refractivity contribution >= 4 is 41.2 Å². The van der Waals surface area contributed by atoms with E-state index in [9.17, 15) is 9.59 Å². The van der Waals surface area contributed by atoms with Gasteiger partial charge in [0.05, 0.1) is 34.2 Å². The molecule has 4 rings (SSSR count). The molecule has 2 aromatic carbocycles. The molecule has 1 aliphatic rings. The summed E-state index contributed by atoms with van der Waals surface area (Å²) in [4.78, 5) is 33.5. The Morgan fingerprint density at radius 1 is 1.03 bits per heavy atom. The lowest BCUT2D eigenvalue weighted by atomic mass is 9.80. The number of benzene rings is 2. The van der Waals surface area contributed by atoms with Crippen LogP contribution < -0.4 is 5.32 Å². The van der Waals surface area contributed by atoms with Crippen LogP contribution in [0.4, 0.5) is 0 Å². The van der Waals surface area contributed by atoms with Gasteiger partial charge in [0.15, 0.2) is 0 Å². The number of esters is 2. The number of ether oxygens (including phenoxy) is 2. The quantitative estimate of drug-likeness (QED) is 0.335. The molecule has 0 radical (unpaired) electrons. The van der Waals surface area contributed by atoms with E-state index in [1.54, 1.807) is 50.5 Å². The molecule has 1 aromatic heterocycles. The van der Waals surface area contributed by atoms with Crippen molar-refractivity contribution in [2.75, 3.05) is 13.7 Å². The van der Waals surface area contributed by atoms with Crippen LogP contribution >= 0.6 is 23.2 Å². The lowest BCUT2D eigenvalue weighted by molar-refractivity contribution is -0.138. The average molecular weight is 552 g/mol. The Bertz CT molecular complexity index is 1420. The van der Waals surface area contributed by atoms with Crippen LogP contribution in [0.15, 0.2) is 83.5 Å². The van der Waals surface area contributed by atoms with Gasteiger partial charge in [0.25, 0.3) is 0 Å². The minimum Gasteiger partial charge on any atom is -0.466 e. The number of methoxy groups -OCH3 is 1. The van der Waals surface area contributed by atoms with Crippen molar-refractivity contribution in [2.24, 2.45) is 0 Å². The van der Waals surface area contributed by atoms with Crippen molar-refractivity contribution in [1.29, 1.82) is 0 Å². The van der Waals surface area contributed by atoms with Gasteiger partial charge in [-0.25, -0.2) is 14.6 Å². The van der Waals surface area contributed by atoms with Crippen molar-refractivity contribution in [2.45, 2.75) is 26.2 Å². The number of dihydropyridines is 1. The topological polar surface area (TPSA) is 93.3 Å². The van der Waals surface area contributed by atoms with Gasteiger partial charge >= 0.3 is 11.9 Å². The summed E-state index contributed by atoms with van der Waals surface area (Å²) in [6.07, 6.45) is 7.88. The third kappa shape index (κ3) is 6.01. The third-order valence-corrected chi connectivity index (χ3v) is 7.04. The molecule has 196 valence electrons. The Balaban J connectivity index is 1.51. The van der Waals surface area contributed by atoms with Crippen LogP contribution in [0.2, 0.25) is 10.0 Å². The summed E-state index contributed by atoms with van der Waals surface area (Å²) in [5.41, 5.74) is 4.24. The van der Waals surface area contributed by atoms with E-state index in [1.807, 2.05) is 30.3 Å². The average Bonchev–Trinajstić information content (AvgIpc) is 3.41. The van der Waals surface area contributed by atoms with E-state index in [4.69, 9.17) is 32.7 Å². The third-order valence-electron chi connectivity index (χ3n) is 6.21. The molecule has 9 heteroatoms. The fourth-order valence-electron chi connectivity index (χ4n) is 4.42. The van der Waals surface area contributed by atoms with E-state index in [1.165, 1.54) is 7.11 Å². The summed E-state index contributed by atoms with van der Waals surface area (Å²) in [6, 6.07) is 13.1. The molecule has 7 nitrogen and oxygen atoms in total. The number of halogens is 2. The van der Waals surface area contributed by atoms with E-state index >= 15 is 0 Å². The van der Waals surface area contributed by atoms with Crippen molar-refractivity contribution in [3.63, 3.8) is 0 Å². The lowest BCUT2D eigenvalue weighted by Gasteiger charge is -2.30. The second-order valence-corrected chi connectivity index (χ2v) is 9.51. The van der Waals surface area contributed by atoms with Crippen LogP contribution in [0.3, 0.4) is 0 Å². The Morgan fingerprint density at radius 3 is 2.39 bits per heavy atom. The number of carbonyl (C=O) groups is 2. The lowest BCUT2D eigenvalue weighted by Crippen LogP contribution is -2.32. The molecule has 2 heterocycles. The van der Waals surface area contributed by atoms with E-state index < -0.39 is 17.9 Å². The zero-order chi connectivity index (χ0) is 27.2. The van der Waals surface area contributed by atoms with Gasteiger partial charge in [-0.2, -0.15) is 0 Å². The molecule has 0 amide bonds. The highest BCUT2D eigenvalue weighted by Gasteiger charge is 2.39. The maximum atomic E-state index is 13.3. The monoisotopic (exact) mass is 551 g/mol. The number of imidazole rings is 1. The number of hydrogen-bond donors (Lipinski definition) is 2. The second kappa shape index (κ2) is 12.2. The van der Waals surface area contributed by atoms with Gasteiger partial charge < -0.3 is 19.8 Å². The minimum atomic E-state index is -0.812. The van der Waals surface area contributed by atoms with Crippen molar-refractivity contribution in [1.82, 2.24) is 15.3 Å². The highest BCUT2D eigenvalue weighted by atomic mass is 35.5. The zero-order valence-electron chi connectivity index (χ0n) is 21.2. The molecular formula is C29H27Cl2N3O4. The molecule has 38 heavy (non-hydrogen) atoms. The van der Waals surface area contributed by atoms with Crippen LogP contribution in [-0.4, -0.2) is 35.6 Å². The Morgan fingerprint density at radius 2 is 1.74 bits per heavy atom. The van der Waals surface area contributed by atoms with E-state index in [-0.39, 0.29) is 22.8 Å². The van der Waals surface area contributed by atoms with Gasteiger partial charge in [0.2, 0.25) is 0 Å². The first-order chi connectivity index (χ1) is 18.3. The summed E-state index contributed by atoms with van der Waals surface area (Å²) < 4.78 is 10.6. The molecular weight excluding hydrogens is 525 g/mol. The van der Waals surface area contributed by atoms with Crippen LogP contribution in [0.1, 0.15) is 42.3 Å². The number of allylic oxidation sites excluding steroid dienone is 2. The number of hydrogen-bond acceptors (Lipinski definition) is 6. The molecule has 0 saturated carbocycles. The van der Waals surface area contributed by atoms with E-state index in [0.717, 1.165) is 23.4 Å². The highest BCUT2D eigenvalue weighted by molar-refractivity contribution is 6.42. The van der Waals surface area contributed by atoms with Gasteiger partial charge in [0.1, 0.15) is 12.4 Å². The van der Waals surface area contributed by atoms with Crippen LogP contribution in [-0.2, 0) is 25.5 Å². The number of aromatic amines is 1. The first-order valence-corrected chi connectivity index (χ1v) is 12.7. The maximum absolute atomic E-state index is 13.3. The summed E-state index contributed by atoms with van der Waals surface area (Å²) in [7, 11) is 1.29. The number of nitrogens with one attached hydrogen (secondary N) is 2. The van der Waals surface area contributed by atoms with E-state index in [2.05, 4.69) is 15.3 Å².